The first-order valence-electron chi connectivity index (χ1n) is 7.53. The average Bonchev–Trinajstić information content (AvgIpc) is 2.44. The molecular formula is C13H29N3O3S. The predicted octanol–water partition coefficient (Wildman–Crippen LogP) is 0.255. The first kappa shape index (κ1) is 17.8. The van der Waals surface area contributed by atoms with Crippen molar-refractivity contribution in [3.8, 4) is 0 Å². The minimum absolute atomic E-state index is 0.101. The van der Waals surface area contributed by atoms with Gasteiger partial charge >= 0.3 is 0 Å². The molecule has 1 saturated heterocycles. The predicted molar refractivity (Wildman–Crippen MR) is 80.7 cm³/mol. The van der Waals surface area contributed by atoms with Crippen LogP contribution < -0.4 is 4.72 Å². The molecule has 2 N–H and O–H groups in total. The quantitative estimate of drug-likeness (QED) is 0.674. The van der Waals surface area contributed by atoms with E-state index in [1.54, 1.807) is 0 Å². The third-order valence-electron chi connectivity index (χ3n) is 3.95. The highest BCUT2D eigenvalue weighted by Crippen LogP contribution is 2.18. The minimum atomic E-state index is -3.40. The van der Waals surface area contributed by atoms with Gasteiger partial charge in [0.15, 0.2) is 0 Å². The Labute approximate surface area is 123 Å². The van der Waals surface area contributed by atoms with E-state index in [9.17, 15) is 8.42 Å². The van der Waals surface area contributed by atoms with Gasteiger partial charge in [-0.3, -0.25) is 0 Å². The molecule has 0 bridgehead atoms. The van der Waals surface area contributed by atoms with E-state index >= 15 is 0 Å². The van der Waals surface area contributed by atoms with E-state index in [2.05, 4.69) is 23.5 Å². The highest BCUT2D eigenvalue weighted by Gasteiger charge is 2.28. The molecule has 0 saturated carbocycles. The third kappa shape index (κ3) is 5.29. The molecule has 6 nitrogen and oxygen atoms in total. The van der Waals surface area contributed by atoms with Crippen molar-refractivity contribution in [2.24, 2.45) is 5.92 Å². The van der Waals surface area contributed by atoms with Gasteiger partial charge in [0, 0.05) is 32.3 Å². The Hall–Kier alpha value is -0.210. The van der Waals surface area contributed by atoms with Gasteiger partial charge in [-0.25, -0.2) is 0 Å². The lowest BCUT2D eigenvalue weighted by Gasteiger charge is -2.32. The molecular weight excluding hydrogens is 278 g/mol. The normalized spacial score (nSPS) is 20.4. The largest absolute Gasteiger partial charge is 0.396 e. The second-order valence-electron chi connectivity index (χ2n) is 5.53. The number of hydrogen-bond donors (Lipinski definition) is 2. The standard InChI is InChI=1S/C13H29N3O3S/c1-4-15(5-2)10-12(3)14-20(18,19)16-8-6-13(11-17)7-9-16/h12-14,17H,4-11H2,1-3H3. The Morgan fingerprint density at radius 2 is 1.85 bits per heavy atom. The van der Waals surface area contributed by atoms with Gasteiger partial charge in [0.2, 0.25) is 0 Å². The zero-order valence-electron chi connectivity index (χ0n) is 12.9. The van der Waals surface area contributed by atoms with Gasteiger partial charge in [0.1, 0.15) is 0 Å². The van der Waals surface area contributed by atoms with Crippen LogP contribution in [0.1, 0.15) is 33.6 Å². The molecule has 1 rings (SSSR count). The Morgan fingerprint density at radius 1 is 1.30 bits per heavy atom. The van der Waals surface area contributed by atoms with Gasteiger partial charge in [-0.1, -0.05) is 13.8 Å². The van der Waals surface area contributed by atoms with Gasteiger partial charge < -0.3 is 10.0 Å². The maximum absolute atomic E-state index is 12.3. The van der Waals surface area contributed by atoms with Crippen molar-refractivity contribution in [1.29, 1.82) is 0 Å². The summed E-state index contributed by atoms with van der Waals surface area (Å²) in [6.07, 6.45) is 1.48. The monoisotopic (exact) mass is 307 g/mol. The number of piperidine rings is 1. The smallest absolute Gasteiger partial charge is 0.279 e. The van der Waals surface area contributed by atoms with Crippen LogP contribution in [0.15, 0.2) is 0 Å². The summed E-state index contributed by atoms with van der Waals surface area (Å²) in [5, 5.41) is 9.09. The van der Waals surface area contributed by atoms with Crippen LogP contribution in [-0.2, 0) is 10.2 Å². The minimum Gasteiger partial charge on any atom is -0.396 e. The van der Waals surface area contributed by atoms with E-state index < -0.39 is 10.2 Å². The highest BCUT2D eigenvalue weighted by atomic mass is 32.2. The Kier molecular flexibility index (Phi) is 7.39. The van der Waals surface area contributed by atoms with Crippen LogP contribution in [0.5, 0.6) is 0 Å². The summed E-state index contributed by atoms with van der Waals surface area (Å²) < 4.78 is 28.8. The van der Waals surface area contributed by atoms with Crippen molar-refractivity contribution in [3.63, 3.8) is 0 Å². The molecule has 0 amide bonds. The van der Waals surface area contributed by atoms with Crippen LogP contribution in [0.4, 0.5) is 0 Å². The van der Waals surface area contributed by atoms with E-state index in [0.717, 1.165) is 32.5 Å². The van der Waals surface area contributed by atoms with Gasteiger partial charge in [0.25, 0.3) is 10.2 Å². The van der Waals surface area contributed by atoms with Gasteiger partial charge in [-0.15, -0.1) is 0 Å². The van der Waals surface area contributed by atoms with E-state index in [1.807, 2.05) is 6.92 Å². The van der Waals surface area contributed by atoms with Crippen molar-refractivity contribution in [3.05, 3.63) is 0 Å². The SMILES string of the molecule is CCN(CC)CC(C)NS(=O)(=O)N1CCC(CO)CC1. The summed E-state index contributed by atoms with van der Waals surface area (Å²) in [4.78, 5) is 2.20. The molecule has 1 unspecified atom stereocenters. The van der Waals surface area contributed by atoms with Crippen LogP contribution in [0, 0.1) is 5.92 Å². The first-order valence-corrected chi connectivity index (χ1v) is 8.97. The zero-order valence-corrected chi connectivity index (χ0v) is 13.7. The molecule has 1 aliphatic heterocycles. The molecule has 0 aromatic rings. The summed E-state index contributed by atoms with van der Waals surface area (Å²) >= 11 is 0. The maximum atomic E-state index is 12.3. The summed E-state index contributed by atoms with van der Waals surface area (Å²) in [7, 11) is -3.40. The number of likely N-dealkylation sites (N-methyl/N-ethyl adjacent to an activating group) is 1. The fraction of sp³-hybridized carbons (Fsp3) is 1.00. The van der Waals surface area contributed by atoms with Crippen molar-refractivity contribution in [1.82, 2.24) is 13.9 Å². The zero-order chi connectivity index (χ0) is 15.2. The molecule has 1 atom stereocenters. The summed E-state index contributed by atoms with van der Waals surface area (Å²) in [6, 6.07) is -0.101. The molecule has 0 aromatic heterocycles. The number of hydrogen-bond acceptors (Lipinski definition) is 4. The number of aliphatic hydroxyl groups excluding tert-OH is 1. The lowest BCUT2D eigenvalue weighted by atomic mass is 10.00. The van der Waals surface area contributed by atoms with Gasteiger partial charge in [0.05, 0.1) is 0 Å². The topological polar surface area (TPSA) is 72.9 Å². The van der Waals surface area contributed by atoms with Gasteiger partial charge in [-0.05, 0) is 38.8 Å². The molecule has 0 aromatic carbocycles. The van der Waals surface area contributed by atoms with Crippen LogP contribution in [0.2, 0.25) is 0 Å². The Bertz CT molecular complexity index is 363. The molecule has 120 valence electrons. The first-order chi connectivity index (χ1) is 9.42. The van der Waals surface area contributed by atoms with E-state index in [0.29, 0.717) is 13.1 Å². The molecule has 0 radical (unpaired) electrons. The van der Waals surface area contributed by atoms with Gasteiger partial charge in [-0.2, -0.15) is 17.4 Å². The second kappa shape index (κ2) is 8.29. The van der Waals surface area contributed by atoms with Crippen LogP contribution in [0.3, 0.4) is 0 Å². The molecule has 1 fully saturated rings. The average molecular weight is 307 g/mol. The lowest BCUT2D eigenvalue weighted by Crippen LogP contribution is -2.50. The lowest BCUT2D eigenvalue weighted by molar-refractivity contribution is 0.169. The molecule has 1 heterocycles. The molecule has 0 spiro atoms. The van der Waals surface area contributed by atoms with Crippen LogP contribution >= 0.6 is 0 Å². The van der Waals surface area contributed by atoms with E-state index in [-0.39, 0.29) is 18.6 Å². The highest BCUT2D eigenvalue weighted by molar-refractivity contribution is 7.87. The fourth-order valence-electron chi connectivity index (χ4n) is 2.57. The summed E-state index contributed by atoms with van der Waals surface area (Å²) in [5.74, 6) is 0.245. The second-order valence-corrected chi connectivity index (χ2v) is 7.24. The van der Waals surface area contributed by atoms with Crippen molar-refractivity contribution in [2.45, 2.75) is 39.7 Å². The van der Waals surface area contributed by atoms with Crippen molar-refractivity contribution >= 4 is 10.2 Å². The molecule has 20 heavy (non-hydrogen) atoms. The Balaban J connectivity index is 2.49. The third-order valence-corrected chi connectivity index (χ3v) is 5.69. The molecule has 1 aliphatic rings. The Morgan fingerprint density at radius 3 is 2.30 bits per heavy atom. The van der Waals surface area contributed by atoms with E-state index in [1.165, 1.54) is 4.31 Å². The molecule has 0 aliphatic carbocycles. The maximum Gasteiger partial charge on any atom is 0.279 e. The van der Waals surface area contributed by atoms with Crippen molar-refractivity contribution in [2.75, 3.05) is 39.3 Å². The summed E-state index contributed by atoms with van der Waals surface area (Å²) in [6.45, 7) is 9.76. The number of nitrogens with zero attached hydrogens (tertiary/aromatic N) is 2. The van der Waals surface area contributed by atoms with E-state index in [4.69, 9.17) is 5.11 Å². The van der Waals surface area contributed by atoms with Crippen molar-refractivity contribution < 1.29 is 13.5 Å². The number of rotatable bonds is 8. The van der Waals surface area contributed by atoms with Crippen LogP contribution in [0.25, 0.3) is 0 Å². The number of aliphatic hydroxyl groups is 1. The number of nitrogens with one attached hydrogen (secondary N) is 1. The molecule has 7 heteroatoms. The van der Waals surface area contributed by atoms with Crippen LogP contribution in [-0.4, -0.2) is 68.1 Å². The fourth-order valence-corrected chi connectivity index (χ4v) is 3.99. The summed E-state index contributed by atoms with van der Waals surface area (Å²) in [5.41, 5.74) is 0.